The zero-order chi connectivity index (χ0) is 15.0. The molecule has 0 bridgehead atoms. The number of amides is 1. The van der Waals surface area contributed by atoms with Crippen LogP contribution in [0.25, 0.3) is 0 Å². The molecule has 5 N–H and O–H groups in total. The van der Waals surface area contributed by atoms with Crippen molar-refractivity contribution in [1.82, 2.24) is 10.6 Å². The van der Waals surface area contributed by atoms with Gasteiger partial charge in [0, 0.05) is 6.42 Å². The molecule has 7 heteroatoms. The number of nitrogens with one attached hydrogen (secondary N) is 2. The number of rotatable bonds is 9. The second kappa shape index (κ2) is 8.84. The Bertz CT molecular complexity index is 296. The predicted octanol–water partition coefficient (Wildman–Crippen LogP) is -0.719. The Hall–Kier alpha value is -1.18. The van der Waals surface area contributed by atoms with E-state index in [0.717, 1.165) is 6.42 Å². The third kappa shape index (κ3) is 6.51. The van der Waals surface area contributed by atoms with Gasteiger partial charge in [-0.05, 0) is 19.4 Å². The molecule has 0 aliphatic rings. The fraction of sp³-hybridized carbons (Fsp3) is 0.833. The third-order valence-electron chi connectivity index (χ3n) is 3.13. The van der Waals surface area contributed by atoms with Gasteiger partial charge in [-0.1, -0.05) is 20.3 Å². The average molecular weight is 276 g/mol. The maximum absolute atomic E-state index is 12.0. The van der Waals surface area contributed by atoms with Gasteiger partial charge < -0.3 is 26.0 Å². The van der Waals surface area contributed by atoms with Crippen LogP contribution < -0.4 is 10.6 Å². The van der Waals surface area contributed by atoms with Crippen molar-refractivity contribution in [2.75, 3.05) is 7.05 Å². The first-order valence-electron chi connectivity index (χ1n) is 6.40. The summed E-state index contributed by atoms with van der Waals surface area (Å²) < 4.78 is 0. The average Bonchev–Trinajstić information content (AvgIpc) is 2.34. The first kappa shape index (κ1) is 17.8. The minimum absolute atomic E-state index is 0.0321. The standard InChI is InChI=1S/C12H24N2O5/c1-4-7(2)10(13-3)11(17)14-8(12(18)19)5-6-9(15)16/h7-10,13,15-16H,4-6H2,1-3H3,(H,14,17)(H,18,19). The van der Waals surface area contributed by atoms with Crippen LogP contribution in [0.4, 0.5) is 0 Å². The van der Waals surface area contributed by atoms with Crippen LogP contribution in [0.1, 0.15) is 33.1 Å². The highest BCUT2D eigenvalue weighted by Crippen LogP contribution is 2.09. The molecule has 1 amide bonds. The van der Waals surface area contributed by atoms with Crippen molar-refractivity contribution in [3.63, 3.8) is 0 Å². The summed E-state index contributed by atoms with van der Waals surface area (Å²) in [7, 11) is 1.64. The number of aliphatic carboxylic acids is 1. The zero-order valence-corrected chi connectivity index (χ0v) is 11.6. The first-order chi connectivity index (χ1) is 8.83. The van der Waals surface area contributed by atoms with Gasteiger partial charge in [-0.2, -0.15) is 0 Å². The molecule has 0 radical (unpaired) electrons. The topological polar surface area (TPSA) is 119 Å². The van der Waals surface area contributed by atoms with Gasteiger partial charge in [0.15, 0.2) is 6.29 Å². The lowest BCUT2D eigenvalue weighted by Gasteiger charge is -2.24. The van der Waals surface area contributed by atoms with Crippen LogP contribution in [-0.4, -0.2) is 52.6 Å². The fourth-order valence-corrected chi connectivity index (χ4v) is 1.74. The Balaban J connectivity index is 4.56. The van der Waals surface area contributed by atoms with Gasteiger partial charge >= 0.3 is 5.97 Å². The number of aliphatic hydroxyl groups excluding tert-OH is 1. The molecular formula is C12H24N2O5. The van der Waals surface area contributed by atoms with Crippen molar-refractivity contribution in [3.05, 3.63) is 0 Å². The van der Waals surface area contributed by atoms with Crippen molar-refractivity contribution < 1.29 is 24.9 Å². The van der Waals surface area contributed by atoms with Crippen LogP contribution in [-0.2, 0) is 9.59 Å². The largest absolute Gasteiger partial charge is 0.480 e. The second-order valence-corrected chi connectivity index (χ2v) is 4.61. The minimum atomic E-state index is -1.58. The number of carboxylic acid groups (broad SMARTS) is 1. The lowest BCUT2D eigenvalue weighted by atomic mass is 9.98. The maximum atomic E-state index is 12.0. The molecule has 3 unspecified atom stereocenters. The molecule has 0 rings (SSSR count). The number of carboxylic acids is 1. The Morgan fingerprint density at radius 2 is 1.79 bits per heavy atom. The van der Waals surface area contributed by atoms with Gasteiger partial charge in [-0.25, -0.2) is 4.79 Å². The number of likely N-dealkylation sites (N-methyl/N-ethyl adjacent to an activating group) is 1. The molecule has 0 aliphatic heterocycles. The highest BCUT2D eigenvalue weighted by molar-refractivity contribution is 5.87. The van der Waals surface area contributed by atoms with Crippen molar-refractivity contribution in [3.8, 4) is 0 Å². The second-order valence-electron chi connectivity index (χ2n) is 4.61. The van der Waals surface area contributed by atoms with Gasteiger partial charge in [0.05, 0.1) is 6.04 Å². The van der Waals surface area contributed by atoms with E-state index in [4.69, 9.17) is 15.3 Å². The summed E-state index contributed by atoms with van der Waals surface area (Å²) in [5.74, 6) is -1.51. The first-order valence-corrected chi connectivity index (χ1v) is 6.40. The van der Waals surface area contributed by atoms with E-state index in [1.54, 1.807) is 7.05 Å². The minimum Gasteiger partial charge on any atom is -0.480 e. The number of aliphatic hydroxyl groups is 2. The monoisotopic (exact) mass is 276 g/mol. The van der Waals surface area contributed by atoms with E-state index >= 15 is 0 Å². The predicted molar refractivity (Wildman–Crippen MR) is 69.3 cm³/mol. The fourth-order valence-electron chi connectivity index (χ4n) is 1.74. The smallest absolute Gasteiger partial charge is 0.326 e. The lowest BCUT2D eigenvalue weighted by Crippen LogP contribution is -2.51. The van der Waals surface area contributed by atoms with E-state index < -0.39 is 30.3 Å². The van der Waals surface area contributed by atoms with Crippen LogP contribution in [0.5, 0.6) is 0 Å². The number of hydrogen-bond donors (Lipinski definition) is 5. The van der Waals surface area contributed by atoms with Crippen molar-refractivity contribution in [2.45, 2.75) is 51.5 Å². The Kier molecular flexibility index (Phi) is 8.29. The van der Waals surface area contributed by atoms with Crippen molar-refractivity contribution in [2.24, 2.45) is 5.92 Å². The highest BCUT2D eigenvalue weighted by Gasteiger charge is 2.27. The zero-order valence-electron chi connectivity index (χ0n) is 11.6. The van der Waals surface area contributed by atoms with Crippen molar-refractivity contribution in [1.29, 1.82) is 0 Å². The van der Waals surface area contributed by atoms with E-state index in [0.29, 0.717) is 0 Å². The summed E-state index contributed by atoms with van der Waals surface area (Å²) >= 11 is 0. The van der Waals surface area contributed by atoms with Gasteiger partial charge in [-0.3, -0.25) is 4.79 Å². The molecule has 19 heavy (non-hydrogen) atoms. The molecule has 0 fully saturated rings. The molecule has 112 valence electrons. The molecular weight excluding hydrogens is 252 g/mol. The lowest BCUT2D eigenvalue weighted by molar-refractivity contribution is -0.143. The Morgan fingerprint density at radius 3 is 2.16 bits per heavy atom. The molecule has 7 nitrogen and oxygen atoms in total. The van der Waals surface area contributed by atoms with Crippen LogP contribution >= 0.6 is 0 Å². The van der Waals surface area contributed by atoms with Crippen molar-refractivity contribution >= 4 is 11.9 Å². The Morgan fingerprint density at radius 1 is 1.21 bits per heavy atom. The van der Waals surface area contributed by atoms with E-state index in [1.165, 1.54) is 0 Å². The molecule has 0 heterocycles. The molecule has 0 aromatic rings. The van der Waals surface area contributed by atoms with E-state index in [2.05, 4.69) is 10.6 Å². The molecule has 0 aliphatic carbocycles. The summed E-state index contributed by atoms with van der Waals surface area (Å²) in [5.41, 5.74) is 0. The summed E-state index contributed by atoms with van der Waals surface area (Å²) in [5, 5.41) is 31.7. The SMILES string of the molecule is CCC(C)C(NC)C(=O)NC(CCC(O)O)C(=O)O. The third-order valence-corrected chi connectivity index (χ3v) is 3.13. The van der Waals surface area contributed by atoms with Gasteiger partial charge in [0.1, 0.15) is 6.04 Å². The van der Waals surface area contributed by atoms with E-state index in [1.807, 2.05) is 13.8 Å². The van der Waals surface area contributed by atoms with Crippen LogP contribution in [0.3, 0.4) is 0 Å². The normalized spacial score (nSPS) is 15.9. The Labute approximate surface area is 113 Å². The molecule has 0 aromatic heterocycles. The van der Waals surface area contributed by atoms with E-state index in [9.17, 15) is 9.59 Å². The van der Waals surface area contributed by atoms with Gasteiger partial charge in [0.2, 0.25) is 5.91 Å². The quantitative estimate of drug-likeness (QED) is 0.355. The number of carbonyl (C=O) groups is 2. The molecule has 3 atom stereocenters. The maximum Gasteiger partial charge on any atom is 0.326 e. The molecule has 0 saturated heterocycles. The summed E-state index contributed by atoms with van der Waals surface area (Å²) in [6.07, 6.45) is -0.930. The summed E-state index contributed by atoms with van der Waals surface area (Å²) in [6.45, 7) is 3.84. The molecule has 0 saturated carbocycles. The van der Waals surface area contributed by atoms with E-state index in [-0.39, 0.29) is 18.8 Å². The highest BCUT2D eigenvalue weighted by atomic mass is 16.5. The molecule has 0 spiro atoms. The van der Waals surface area contributed by atoms with Crippen LogP contribution in [0.2, 0.25) is 0 Å². The summed E-state index contributed by atoms with van der Waals surface area (Å²) in [6, 6.07) is -1.58. The van der Waals surface area contributed by atoms with Gasteiger partial charge in [0.25, 0.3) is 0 Å². The summed E-state index contributed by atoms with van der Waals surface area (Å²) in [4.78, 5) is 23.0. The van der Waals surface area contributed by atoms with Crippen LogP contribution in [0.15, 0.2) is 0 Å². The number of hydrogen-bond acceptors (Lipinski definition) is 5. The van der Waals surface area contributed by atoms with Gasteiger partial charge in [-0.15, -0.1) is 0 Å². The molecule has 0 aromatic carbocycles. The van der Waals surface area contributed by atoms with Crippen LogP contribution in [0, 0.1) is 5.92 Å². The number of carbonyl (C=O) groups excluding carboxylic acids is 1.